The summed E-state index contributed by atoms with van der Waals surface area (Å²) in [5.41, 5.74) is 7.59. The van der Waals surface area contributed by atoms with Gasteiger partial charge in [0.05, 0.1) is 12.7 Å². The highest BCUT2D eigenvalue weighted by atomic mass is 16.5. The van der Waals surface area contributed by atoms with Crippen molar-refractivity contribution in [2.24, 2.45) is 5.73 Å². The third-order valence-corrected chi connectivity index (χ3v) is 4.62. The van der Waals surface area contributed by atoms with E-state index in [0.717, 1.165) is 25.0 Å². The second-order valence-electron chi connectivity index (χ2n) is 5.85. The molecule has 1 aliphatic rings. The van der Waals surface area contributed by atoms with Crippen LogP contribution in [0.3, 0.4) is 0 Å². The van der Waals surface area contributed by atoms with Crippen LogP contribution in [-0.4, -0.2) is 25.9 Å². The minimum atomic E-state index is -0.153. The highest BCUT2D eigenvalue weighted by molar-refractivity contribution is 5.29. The topological polar surface area (TPSA) is 44.5 Å². The second kappa shape index (κ2) is 7.09. The molecule has 0 heterocycles. The monoisotopic (exact) mass is 277 g/mol. The summed E-state index contributed by atoms with van der Waals surface area (Å²) in [5.74, 6) is 0.891. The van der Waals surface area contributed by atoms with Gasteiger partial charge in [-0.15, -0.1) is 0 Å². The summed E-state index contributed by atoms with van der Waals surface area (Å²) in [6, 6.07) is 8.21. The molecule has 112 valence electrons. The first kappa shape index (κ1) is 15.3. The van der Waals surface area contributed by atoms with E-state index in [1.54, 1.807) is 7.11 Å². The Morgan fingerprint density at radius 1 is 1.15 bits per heavy atom. The lowest BCUT2D eigenvalue weighted by molar-refractivity contribution is -0.0430. The molecule has 3 heteroatoms. The van der Waals surface area contributed by atoms with Crippen LogP contribution in [0, 0.1) is 0 Å². The molecule has 1 saturated carbocycles. The predicted molar refractivity (Wildman–Crippen MR) is 82.1 cm³/mol. The standard InChI is InChI=1S/C17H27NO2/c1-19-15-9-7-8-14(12-15)13-16(18)17(20-2)10-5-3-4-6-11-17/h7-9,12,16H,3-6,10-11,13,18H2,1-2H3. The molecule has 0 amide bonds. The van der Waals surface area contributed by atoms with Crippen LogP contribution in [0.1, 0.15) is 44.1 Å². The molecular weight excluding hydrogens is 250 g/mol. The van der Waals surface area contributed by atoms with Gasteiger partial charge in [0, 0.05) is 13.2 Å². The van der Waals surface area contributed by atoms with Gasteiger partial charge in [0.2, 0.25) is 0 Å². The molecule has 2 N–H and O–H groups in total. The van der Waals surface area contributed by atoms with Gasteiger partial charge in [-0.05, 0) is 37.0 Å². The first-order valence-corrected chi connectivity index (χ1v) is 7.64. The van der Waals surface area contributed by atoms with Crippen molar-refractivity contribution >= 4 is 0 Å². The Morgan fingerprint density at radius 2 is 1.85 bits per heavy atom. The highest BCUT2D eigenvalue weighted by Gasteiger charge is 2.36. The second-order valence-corrected chi connectivity index (χ2v) is 5.85. The zero-order valence-corrected chi connectivity index (χ0v) is 12.7. The first-order chi connectivity index (χ1) is 9.70. The van der Waals surface area contributed by atoms with Gasteiger partial charge in [0.15, 0.2) is 0 Å². The van der Waals surface area contributed by atoms with Crippen LogP contribution in [0.4, 0.5) is 0 Å². The van der Waals surface area contributed by atoms with Crippen molar-refractivity contribution in [3.05, 3.63) is 29.8 Å². The van der Waals surface area contributed by atoms with E-state index >= 15 is 0 Å². The molecule has 0 spiro atoms. The van der Waals surface area contributed by atoms with Crippen molar-refractivity contribution in [1.29, 1.82) is 0 Å². The van der Waals surface area contributed by atoms with Crippen LogP contribution in [-0.2, 0) is 11.2 Å². The Hall–Kier alpha value is -1.06. The van der Waals surface area contributed by atoms with E-state index in [9.17, 15) is 0 Å². The van der Waals surface area contributed by atoms with E-state index in [4.69, 9.17) is 15.2 Å². The lowest BCUT2D eigenvalue weighted by Crippen LogP contribution is -2.50. The van der Waals surface area contributed by atoms with E-state index in [1.165, 1.54) is 31.2 Å². The van der Waals surface area contributed by atoms with E-state index in [-0.39, 0.29) is 11.6 Å². The molecule has 1 aromatic rings. The number of rotatable bonds is 5. The maximum Gasteiger partial charge on any atom is 0.119 e. The summed E-state index contributed by atoms with van der Waals surface area (Å²) in [5, 5.41) is 0. The maximum atomic E-state index is 6.52. The van der Waals surface area contributed by atoms with Crippen LogP contribution < -0.4 is 10.5 Å². The van der Waals surface area contributed by atoms with Gasteiger partial charge in [-0.1, -0.05) is 37.8 Å². The summed E-state index contributed by atoms with van der Waals surface area (Å²) < 4.78 is 11.2. The van der Waals surface area contributed by atoms with E-state index in [0.29, 0.717) is 0 Å². The summed E-state index contributed by atoms with van der Waals surface area (Å²) in [4.78, 5) is 0. The third kappa shape index (κ3) is 3.53. The van der Waals surface area contributed by atoms with Crippen molar-refractivity contribution in [2.45, 2.75) is 56.6 Å². The number of hydrogen-bond donors (Lipinski definition) is 1. The molecular formula is C17H27NO2. The Balaban J connectivity index is 2.09. The number of hydrogen-bond acceptors (Lipinski definition) is 3. The summed E-state index contributed by atoms with van der Waals surface area (Å²) in [6.07, 6.45) is 8.04. The molecule has 0 aromatic heterocycles. The van der Waals surface area contributed by atoms with Gasteiger partial charge < -0.3 is 15.2 Å². The van der Waals surface area contributed by atoms with Crippen LogP contribution in [0.5, 0.6) is 5.75 Å². The van der Waals surface area contributed by atoms with E-state index < -0.39 is 0 Å². The molecule has 1 aromatic carbocycles. The number of nitrogens with two attached hydrogens (primary N) is 1. The SMILES string of the molecule is COc1cccc(CC(N)C2(OC)CCCCCC2)c1. The molecule has 1 unspecified atom stereocenters. The molecule has 1 aliphatic carbocycles. The Morgan fingerprint density at radius 3 is 2.45 bits per heavy atom. The van der Waals surface area contributed by atoms with Gasteiger partial charge in [-0.3, -0.25) is 0 Å². The molecule has 0 radical (unpaired) electrons. The van der Waals surface area contributed by atoms with Crippen LogP contribution in [0.2, 0.25) is 0 Å². The van der Waals surface area contributed by atoms with Crippen molar-refractivity contribution in [2.75, 3.05) is 14.2 Å². The van der Waals surface area contributed by atoms with Gasteiger partial charge >= 0.3 is 0 Å². The molecule has 0 aliphatic heterocycles. The van der Waals surface area contributed by atoms with Crippen molar-refractivity contribution in [3.63, 3.8) is 0 Å². The van der Waals surface area contributed by atoms with Crippen molar-refractivity contribution < 1.29 is 9.47 Å². The Labute approximate surface area is 122 Å². The lowest BCUT2D eigenvalue weighted by Gasteiger charge is -2.37. The summed E-state index contributed by atoms with van der Waals surface area (Å²) >= 11 is 0. The fourth-order valence-corrected chi connectivity index (χ4v) is 3.29. The molecule has 0 bridgehead atoms. The molecule has 3 nitrogen and oxygen atoms in total. The summed E-state index contributed by atoms with van der Waals surface area (Å²) in [7, 11) is 3.51. The molecule has 1 fully saturated rings. The molecule has 0 saturated heterocycles. The Kier molecular flexibility index (Phi) is 5.44. The Bertz CT molecular complexity index is 411. The van der Waals surface area contributed by atoms with E-state index in [2.05, 4.69) is 12.1 Å². The minimum absolute atomic E-state index is 0.0395. The van der Waals surface area contributed by atoms with E-state index in [1.807, 2.05) is 19.2 Å². The average molecular weight is 277 g/mol. The van der Waals surface area contributed by atoms with Crippen LogP contribution in [0.25, 0.3) is 0 Å². The van der Waals surface area contributed by atoms with Crippen LogP contribution >= 0.6 is 0 Å². The zero-order valence-electron chi connectivity index (χ0n) is 12.7. The summed E-state index contributed by atoms with van der Waals surface area (Å²) in [6.45, 7) is 0. The fourth-order valence-electron chi connectivity index (χ4n) is 3.29. The quantitative estimate of drug-likeness (QED) is 0.840. The molecule has 20 heavy (non-hydrogen) atoms. The molecule has 1 atom stereocenters. The lowest BCUT2D eigenvalue weighted by atomic mass is 9.83. The third-order valence-electron chi connectivity index (χ3n) is 4.62. The zero-order chi connectivity index (χ0) is 14.4. The van der Waals surface area contributed by atoms with Gasteiger partial charge in [0.1, 0.15) is 5.75 Å². The van der Waals surface area contributed by atoms with Gasteiger partial charge in [-0.2, -0.15) is 0 Å². The maximum absolute atomic E-state index is 6.52. The number of methoxy groups -OCH3 is 2. The van der Waals surface area contributed by atoms with Crippen LogP contribution in [0.15, 0.2) is 24.3 Å². The first-order valence-electron chi connectivity index (χ1n) is 7.64. The minimum Gasteiger partial charge on any atom is -0.497 e. The van der Waals surface area contributed by atoms with Gasteiger partial charge in [0.25, 0.3) is 0 Å². The molecule has 2 rings (SSSR count). The predicted octanol–water partition coefficient (Wildman–Crippen LogP) is 3.30. The number of ether oxygens (including phenoxy) is 2. The van der Waals surface area contributed by atoms with Gasteiger partial charge in [-0.25, -0.2) is 0 Å². The van der Waals surface area contributed by atoms with Crippen molar-refractivity contribution in [3.8, 4) is 5.75 Å². The normalized spacial score (nSPS) is 20.1. The van der Waals surface area contributed by atoms with Crippen molar-refractivity contribution in [1.82, 2.24) is 0 Å². The average Bonchev–Trinajstić information content (AvgIpc) is 2.74. The largest absolute Gasteiger partial charge is 0.497 e. The smallest absolute Gasteiger partial charge is 0.119 e. The highest BCUT2D eigenvalue weighted by Crippen LogP contribution is 2.33. The fraction of sp³-hybridized carbons (Fsp3) is 0.647. The number of benzene rings is 1.